The average molecular weight is 343 g/mol. The predicted octanol–water partition coefficient (Wildman–Crippen LogP) is 0.594. The van der Waals surface area contributed by atoms with Gasteiger partial charge >= 0.3 is 0 Å². The van der Waals surface area contributed by atoms with Gasteiger partial charge < -0.3 is 24.8 Å². The fourth-order valence-corrected chi connectivity index (χ4v) is 2.66. The fourth-order valence-electron chi connectivity index (χ4n) is 2.66. The third kappa shape index (κ3) is 5.78. The van der Waals surface area contributed by atoms with Crippen LogP contribution in [0.2, 0.25) is 0 Å². The number of aliphatic hydroxyl groups is 3. The SMILES string of the molecule is CCCCCCCCn1cc(CO[C@@H]2OC[C@@H](O)[C@H](O)[C@H]2O)nn1. The lowest BCUT2D eigenvalue weighted by Gasteiger charge is -2.34. The van der Waals surface area contributed by atoms with Crippen LogP contribution in [-0.2, 0) is 22.6 Å². The maximum atomic E-state index is 9.79. The maximum Gasteiger partial charge on any atom is 0.186 e. The van der Waals surface area contributed by atoms with Crippen molar-refractivity contribution in [3.63, 3.8) is 0 Å². The van der Waals surface area contributed by atoms with E-state index < -0.39 is 24.6 Å². The van der Waals surface area contributed by atoms with Gasteiger partial charge in [-0.05, 0) is 6.42 Å². The van der Waals surface area contributed by atoms with Crippen LogP contribution in [0.5, 0.6) is 0 Å². The van der Waals surface area contributed by atoms with E-state index in [9.17, 15) is 15.3 Å². The molecule has 2 heterocycles. The summed E-state index contributed by atoms with van der Waals surface area (Å²) in [4.78, 5) is 0. The molecule has 1 fully saturated rings. The van der Waals surface area contributed by atoms with E-state index in [1.54, 1.807) is 4.68 Å². The van der Waals surface area contributed by atoms with Gasteiger partial charge in [0.25, 0.3) is 0 Å². The standard InChI is InChI=1S/C16H29N3O5/c1-2-3-4-5-6-7-8-19-9-12(17-18-19)10-23-16-15(22)14(21)13(20)11-24-16/h9,13-16,20-22H,2-8,10-11H2,1H3/t13-,14+,15-,16-/m1/s1. The molecule has 0 spiro atoms. The topological polar surface area (TPSA) is 110 Å². The monoisotopic (exact) mass is 343 g/mol. The van der Waals surface area contributed by atoms with Gasteiger partial charge in [-0.3, -0.25) is 4.68 Å². The van der Waals surface area contributed by atoms with E-state index in [2.05, 4.69) is 17.2 Å². The summed E-state index contributed by atoms with van der Waals surface area (Å²) >= 11 is 0. The van der Waals surface area contributed by atoms with Gasteiger partial charge in [0.15, 0.2) is 6.29 Å². The summed E-state index contributed by atoms with van der Waals surface area (Å²) in [6.45, 7) is 3.08. The Morgan fingerprint density at radius 3 is 2.71 bits per heavy atom. The molecule has 0 saturated carbocycles. The first-order valence-electron chi connectivity index (χ1n) is 8.78. The van der Waals surface area contributed by atoms with Crippen molar-refractivity contribution >= 4 is 0 Å². The van der Waals surface area contributed by atoms with Crippen LogP contribution in [0.15, 0.2) is 6.20 Å². The van der Waals surface area contributed by atoms with E-state index >= 15 is 0 Å². The van der Waals surface area contributed by atoms with Gasteiger partial charge in [-0.1, -0.05) is 44.2 Å². The van der Waals surface area contributed by atoms with Crippen molar-refractivity contribution < 1.29 is 24.8 Å². The zero-order chi connectivity index (χ0) is 17.4. The number of aliphatic hydroxyl groups excluding tert-OH is 3. The molecule has 0 bridgehead atoms. The molecule has 3 N–H and O–H groups in total. The predicted molar refractivity (Wildman–Crippen MR) is 85.9 cm³/mol. The summed E-state index contributed by atoms with van der Waals surface area (Å²) in [6.07, 6.45) is 4.53. The second-order valence-electron chi connectivity index (χ2n) is 6.30. The first kappa shape index (κ1) is 19.3. The largest absolute Gasteiger partial charge is 0.388 e. The summed E-state index contributed by atoms with van der Waals surface area (Å²) in [7, 11) is 0. The Morgan fingerprint density at radius 1 is 1.17 bits per heavy atom. The molecular formula is C16H29N3O5. The van der Waals surface area contributed by atoms with Gasteiger partial charge in [0.2, 0.25) is 0 Å². The molecule has 2 rings (SSSR count). The Hall–Kier alpha value is -1.06. The molecule has 1 aliphatic rings. The van der Waals surface area contributed by atoms with Crippen LogP contribution >= 0.6 is 0 Å². The van der Waals surface area contributed by atoms with E-state index in [4.69, 9.17) is 9.47 Å². The number of ether oxygens (including phenoxy) is 2. The lowest BCUT2D eigenvalue weighted by Crippen LogP contribution is -2.53. The molecule has 138 valence electrons. The summed E-state index contributed by atoms with van der Waals surface area (Å²) in [6, 6.07) is 0. The van der Waals surface area contributed by atoms with Gasteiger partial charge in [0, 0.05) is 6.54 Å². The molecule has 8 nitrogen and oxygen atoms in total. The van der Waals surface area contributed by atoms with E-state index in [-0.39, 0.29) is 13.2 Å². The minimum atomic E-state index is -1.29. The summed E-state index contributed by atoms with van der Waals surface area (Å²) in [5.74, 6) is 0. The minimum Gasteiger partial charge on any atom is -0.388 e. The van der Waals surface area contributed by atoms with Crippen molar-refractivity contribution in [2.75, 3.05) is 6.61 Å². The Balaban J connectivity index is 1.66. The van der Waals surface area contributed by atoms with Gasteiger partial charge in [-0.25, -0.2) is 0 Å². The number of aryl methyl sites for hydroxylation is 1. The second kappa shape index (κ2) is 10.0. The third-order valence-corrected chi connectivity index (χ3v) is 4.18. The second-order valence-corrected chi connectivity index (χ2v) is 6.30. The quantitative estimate of drug-likeness (QED) is 0.533. The molecule has 8 heteroatoms. The Bertz CT molecular complexity index is 470. The highest BCUT2D eigenvalue weighted by Gasteiger charge is 2.38. The molecule has 1 aliphatic heterocycles. The fraction of sp³-hybridized carbons (Fsp3) is 0.875. The van der Waals surface area contributed by atoms with Crippen LogP contribution in [0.25, 0.3) is 0 Å². The van der Waals surface area contributed by atoms with Crippen molar-refractivity contribution in [2.24, 2.45) is 0 Å². The van der Waals surface area contributed by atoms with E-state index in [0.29, 0.717) is 5.69 Å². The molecule has 1 aromatic rings. The lowest BCUT2D eigenvalue weighted by atomic mass is 10.1. The Labute approximate surface area is 142 Å². The van der Waals surface area contributed by atoms with Gasteiger partial charge in [0.05, 0.1) is 19.4 Å². The van der Waals surface area contributed by atoms with Gasteiger partial charge in [-0.15, -0.1) is 5.10 Å². The molecular weight excluding hydrogens is 314 g/mol. The number of nitrogens with zero attached hydrogens (tertiary/aromatic N) is 3. The summed E-state index contributed by atoms with van der Waals surface area (Å²) in [5.41, 5.74) is 0.636. The van der Waals surface area contributed by atoms with Gasteiger partial charge in [0.1, 0.15) is 24.0 Å². The molecule has 0 amide bonds. The van der Waals surface area contributed by atoms with E-state index in [1.165, 1.54) is 32.1 Å². The highest BCUT2D eigenvalue weighted by molar-refractivity contribution is 4.90. The van der Waals surface area contributed by atoms with Crippen molar-refractivity contribution in [1.29, 1.82) is 0 Å². The van der Waals surface area contributed by atoms with Crippen LogP contribution in [0.3, 0.4) is 0 Å². The van der Waals surface area contributed by atoms with Crippen LogP contribution in [0.4, 0.5) is 0 Å². The van der Waals surface area contributed by atoms with Crippen LogP contribution in [-0.4, -0.2) is 61.5 Å². The zero-order valence-corrected chi connectivity index (χ0v) is 14.3. The van der Waals surface area contributed by atoms with Crippen molar-refractivity contribution in [2.45, 2.75) is 83.2 Å². The van der Waals surface area contributed by atoms with Crippen molar-refractivity contribution in [1.82, 2.24) is 15.0 Å². The molecule has 0 aliphatic carbocycles. The summed E-state index contributed by atoms with van der Waals surface area (Å²) in [5, 5.41) is 36.9. The smallest absolute Gasteiger partial charge is 0.186 e. The molecule has 0 aromatic carbocycles. The number of hydrogen-bond acceptors (Lipinski definition) is 7. The molecule has 4 atom stereocenters. The third-order valence-electron chi connectivity index (χ3n) is 4.18. The summed E-state index contributed by atoms with van der Waals surface area (Å²) < 4.78 is 12.4. The highest BCUT2D eigenvalue weighted by Crippen LogP contribution is 2.17. The number of rotatable bonds is 10. The molecule has 1 saturated heterocycles. The van der Waals surface area contributed by atoms with Crippen LogP contribution in [0.1, 0.15) is 51.1 Å². The lowest BCUT2D eigenvalue weighted by molar-refractivity contribution is -0.273. The first-order valence-corrected chi connectivity index (χ1v) is 8.78. The number of aromatic nitrogens is 3. The number of hydrogen-bond donors (Lipinski definition) is 3. The Morgan fingerprint density at radius 2 is 1.92 bits per heavy atom. The van der Waals surface area contributed by atoms with E-state index in [0.717, 1.165) is 13.0 Å². The zero-order valence-electron chi connectivity index (χ0n) is 14.3. The molecule has 0 unspecified atom stereocenters. The number of unbranched alkanes of at least 4 members (excludes halogenated alkanes) is 5. The van der Waals surface area contributed by atoms with E-state index in [1.807, 2.05) is 6.20 Å². The average Bonchev–Trinajstić information content (AvgIpc) is 3.03. The minimum absolute atomic E-state index is 0.0758. The van der Waals surface area contributed by atoms with Crippen molar-refractivity contribution in [3.05, 3.63) is 11.9 Å². The molecule has 1 aromatic heterocycles. The molecule has 24 heavy (non-hydrogen) atoms. The highest BCUT2D eigenvalue weighted by atomic mass is 16.7. The normalized spacial score (nSPS) is 27.5. The van der Waals surface area contributed by atoms with Gasteiger partial charge in [-0.2, -0.15) is 0 Å². The maximum absolute atomic E-state index is 9.79. The van der Waals surface area contributed by atoms with Crippen LogP contribution in [0, 0.1) is 0 Å². The first-order chi connectivity index (χ1) is 11.6. The Kier molecular flexibility index (Phi) is 8.07. The van der Waals surface area contributed by atoms with Crippen molar-refractivity contribution in [3.8, 4) is 0 Å². The van der Waals surface area contributed by atoms with Crippen LogP contribution < -0.4 is 0 Å². The molecule has 0 radical (unpaired) electrons.